The van der Waals surface area contributed by atoms with Crippen molar-refractivity contribution in [3.63, 3.8) is 0 Å². The van der Waals surface area contributed by atoms with E-state index in [1.165, 1.54) is 11.0 Å². The Kier molecular flexibility index (Phi) is 4.31. The van der Waals surface area contributed by atoms with Gasteiger partial charge in [0.25, 0.3) is 0 Å². The van der Waals surface area contributed by atoms with Crippen molar-refractivity contribution >= 4 is 12.1 Å². The summed E-state index contributed by atoms with van der Waals surface area (Å²) in [5.41, 5.74) is -0.908. The third-order valence-electron chi connectivity index (χ3n) is 2.93. The molecule has 1 rings (SSSR count). The van der Waals surface area contributed by atoms with E-state index in [1.54, 1.807) is 6.08 Å². The molecule has 1 atom stereocenters. The molecule has 0 radical (unpaired) electrons. The lowest BCUT2D eigenvalue weighted by Crippen LogP contribution is -2.36. The van der Waals surface area contributed by atoms with Crippen LogP contribution < -0.4 is 0 Å². The maximum absolute atomic E-state index is 11.6. The molecule has 0 aromatic heterocycles. The molecule has 0 aromatic rings. The molecule has 5 heteroatoms. The molecule has 0 aromatic carbocycles. The SMILES string of the molecule is C=CCOC(=O)N1CCC(CC=C)(C(=O)O)C1. The van der Waals surface area contributed by atoms with E-state index < -0.39 is 17.5 Å². The Morgan fingerprint density at radius 3 is 2.65 bits per heavy atom. The van der Waals surface area contributed by atoms with Crippen molar-refractivity contribution < 1.29 is 19.4 Å². The van der Waals surface area contributed by atoms with Crippen molar-refractivity contribution in [2.45, 2.75) is 12.8 Å². The molecule has 0 saturated carbocycles. The highest BCUT2D eigenvalue weighted by Gasteiger charge is 2.45. The Bertz CT molecular complexity index is 339. The van der Waals surface area contributed by atoms with Gasteiger partial charge in [0, 0.05) is 13.1 Å². The largest absolute Gasteiger partial charge is 0.481 e. The number of carbonyl (C=O) groups excluding carboxylic acids is 1. The van der Waals surface area contributed by atoms with Crippen LogP contribution in [0.2, 0.25) is 0 Å². The Hall–Kier alpha value is -1.78. The number of ether oxygens (including phenoxy) is 1. The molecular formula is C12H17NO4. The van der Waals surface area contributed by atoms with Gasteiger partial charge in [0.2, 0.25) is 0 Å². The van der Waals surface area contributed by atoms with Crippen molar-refractivity contribution in [3.8, 4) is 0 Å². The van der Waals surface area contributed by atoms with Crippen LogP contribution in [-0.4, -0.2) is 41.8 Å². The van der Waals surface area contributed by atoms with Crippen LogP contribution in [0.3, 0.4) is 0 Å². The van der Waals surface area contributed by atoms with E-state index in [2.05, 4.69) is 13.2 Å². The first kappa shape index (κ1) is 13.3. The number of hydrogen-bond donors (Lipinski definition) is 1. The van der Waals surface area contributed by atoms with E-state index >= 15 is 0 Å². The maximum atomic E-state index is 11.6. The predicted molar refractivity (Wildman–Crippen MR) is 62.6 cm³/mol. The molecule has 1 N–H and O–H groups in total. The molecule has 17 heavy (non-hydrogen) atoms. The van der Waals surface area contributed by atoms with Gasteiger partial charge >= 0.3 is 12.1 Å². The summed E-state index contributed by atoms with van der Waals surface area (Å²) in [5, 5.41) is 9.23. The summed E-state index contributed by atoms with van der Waals surface area (Å²) in [6.07, 6.45) is 3.34. The van der Waals surface area contributed by atoms with Crippen LogP contribution in [0.1, 0.15) is 12.8 Å². The van der Waals surface area contributed by atoms with Crippen LogP contribution >= 0.6 is 0 Å². The van der Waals surface area contributed by atoms with Crippen molar-refractivity contribution in [3.05, 3.63) is 25.3 Å². The van der Waals surface area contributed by atoms with E-state index in [0.29, 0.717) is 19.4 Å². The number of nitrogens with zero attached hydrogens (tertiary/aromatic N) is 1. The summed E-state index contributed by atoms with van der Waals surface area (Å²) in [6.45, 7) is 7.71. The van der Waals surface area contributed by atoms with Crippen LogP contribution in [0, 0.1) is 5.41 Å². The van der Waals surface area contributed by atoms with E-state index in [1.807, 2.05) is 0 Å². The number of rotatable bonds is 5. The van der Waals surface area contributed by atoms with E-state index in [0.717, 1.165) is 0 Å². The Morgan fingerprint density at radius 1 is 1.41 bits per heavy atom. The summed E-state index contributed by atoms with van der Waals surface area (Å²) >= 11 is 0. The molecule has 1 unspecified atom stereocenters. The van der Waals surface area contributed by atoms with Gasteiger partial charge < -0.3 is 14.7 Å². The number of aliphatic carboxylic acids is 1. The van der Waals surface area contributed by atoms with E-state index in [9.17, 15) is 14.7 Å². The molecule has 1 fully saturated rings. The number of hydrogen-bond acceptors (Lipinski definition) is 3. The van der Waals surface area contributed by atoms with Gasteiger partial charge in [-0.3, -0.25) is 4.79 Å². The van der Waals surface area contributed by atoms with Gasteiger partial charge in [-0.2, -0.15) is 0 Å². The highest BCUT2D eigenvalue weighted by atomic mass is 16.6. The van der Waals surface area contributed by atoms with Crippen molar-refractivity contribution in [1.29, 1.82) is 0 Å². The molecule has 1 aliphatic heterocycles. The first-order valence-electron chi connectivity index (χ1n) is 5.42. The molecule has 5 nitrogen and oxygen atoms in total. The fourth-order valence-corrected chi connectivity index (χ4v) is 1.95. The highest BCUT2D eigenvalue weighted by molar-refractivity contribution is 5.78. The lowest BCUT2D eigenvalue weighted by atomic mass is 9.84. The summed E-state index contributed by atoms with van der Waals surface area (Å²) in [7, 11) is 0. The topological polar surface area (TPSA) is 66.8 Å². The number of carboxylic acids is 1. The molecule has 1 saturated heterocycles. The molecule has 1 amide bonds. The number of carboxylic acid groups (broad SMARTS) is 1. The van der Waals surface area contributed by atoms with Crippen molar-refractivity contribution in [1.82, 2.24) is 4.90 Å². The smallest absolute Gasteiger partial charge is 0.410 e. The van der Waals surface area contributed by atoms with Gasteiger partial charge in [-0.1, -0.05) is 18.7 Å². The zero-order chi connectivity index (χ0) is 12.9. The van der Waals surface area contributed by atoms with Crippen LogP contribution in [0.15, 0.2) is 25.3 Å². The third kappa shape index (κ3) is 2.87. The fourth-order valence-electron chi connectivity index (χ4n) is 1.95. The zero-order valence-corrected chi connectivity index (χ0v) is 9.72. The number of allylic oxidation sites excluding steroid dienone is 1. The molecular weight excluding hydrogens is 222 g/mol. The fraction of sp³-hybridized carbons (Fsp3) is 0.500. The molecule has 1 heterocycles. The predicted octanol–water partition coefficient (Wildman–Crippen LogP) is 1.66. The summed E-state index contributed by atoms with van der Waals surface area (Å²) in [5.74, 6) is -0.892. The van der Waals surface area contributed by atoms with Crippen LogP contribution in [-0.2, 0) is 9.53 Å². The van der Waals surface area contributed by atoms with Crippen molar-refractivity contribution in [2.24, 2.45) is 5.41 Å². The molecule has 0 aliphatic carbocycles. The van der Waals surface area contributed by atoms with Crippen LogP contribution in [0.5, 0.6) is 0 Å². The minimum atomic E-state index is -0.908. The number of carbonyl (C=O) groups is 2. The first-order chi connectivity index (χ1) is 8.05. The summed E-state index contributed by atoms with van der Waals surface area (Å²) < 4.78 is 4.88. The number of likely N-dealkylation sites (tertiary alicyclic amines) is 1. The van der Waals surface area contributed by atoms with Gasteiger partial charge in [-0.05, 0) is 12.8 Å². The lowest BCUT2D eigenvalue weighted by molar-refractivity contribution is -0.147. The maximum Gasteiger partial charge on any atom is 0.410 e. The summed E-state index contributed by atoms with van der Waals surface area (Å²) in [6, 6.07) is 0. The van der Waals surface area contributed by atoms with E-state index in [4.69, 9.17) is 4.74 Å². The van der Waals surface area contributed by atoms with E-state index in [-0.39, 0.29) is 13.2 Å². The minimum absolute atomic E-state index is 0.136. The average Bonchev–Trinajstić information content (AvgIpc) is 2.72. The summed E-state index contributed by atoms with van der Waals surface area (Å²) in [4.78, 5) is 24.2. The van der Waals surface area contributed by atoms with Gasteiger partial charge in [-0.25, -0.2) is 4.79 Å². The van der Waals surface area contributed by atoms with Crippen LogP contribution in [0.25, 0.3) is 0 Å². The molecule has 0 bridgehead atoms. The first-order valence-corrected chi connectivity index (χ1v) is 5.42. The normalized spacial score (nSPS) is 23.2. The Morgan fingerprint density at radius 2 is 2.12 bits per heavy atom. The zero-order valence-electron chi connectivity index (χ0n) is 9.72. The van der Waals surface area contributed by atoms with Gasteiger partial charge in [-0.15, -0.1) is 6.58 Å². The Labute approximate surface area is 100 Å². The van der Waals surface area contributed by atoms with Crippen LogP contribution in [0.4, 0.5) is 4.79 Å². The van der Waals surface area contributed by atoms with Gasteiger partial charge in [0.05, 0.1) is 5.41 Å². The third-order valence-corrected chi connectivity index (χ3v) is 2.93. The standard InChI is InChI=1S/C12H17NO4/c1-3-5-12(10(14)15)6-7-13(9-12)11(16)17-8-4-2/h3-4H,1-2,5-9H2,(H,14,15). The van der Waals surface area contributed by atoms with Gasteiger partial charge in [0.1, 0.15) is 6.61 Å². The second-order valence-corrected chi connectivity index (χ2v) is 4.12. The second kappa shape index (κ2) is 5.52. The average molecular weight is 239 g/mol. The molecule has 0 spiro atoms. The van der Waals surface area contributed by atoms with Crippen molar-refractivity contribution in [2.75, 3.05) is 19.7 Å². The minimum Gasteiger partial charge on any atom is -0.481 e. The number of amides is 1. The highest BCUT2D eigenvalue weighted by Crippen LogP contribution is 2.34. The Balaban J connectivity index is 2.65. The second-order valence-electron chi connectivity index (χ2n) is 4.12. The quantitative estimate of drug-likeness (QED) is 0.741. The molecule has 1 aliphatic rings. The van der Waals surface area contributed by atoms with Gasteiger partial charge in [0.15, 0.2) is 0 Å². The lowest BCUT2D eigenvalue weighted by Gasteiger charge is -2.22. The monoisotopic (exact) mass is 239 g/mol. The molecule has 94 valence electrons.